The molecule has 3 atom stereocenters. The van der Waals surface area contributed by atoms with E-state index in [1.54, 1.807) is 0 Å². The van der Waals surface area contributed by atoms with Crippen LogP contribution in [0.4, 0.5) is 0 Å². The molecule has 0 radical (unpaired) electrons. The molecule has 2 rings (SSSR count). The van der Waals surface area contributed by atoms with Gasteiger partial charge < -0.3 is 5.32 Å². The van der Waals surface area contributed by atoms with Gasteiger partial charge in [0.2, 0.25) is 0 Å². The van der Waals surface area contributed by atoms with Crippen LogP contribution in [0.15, 0.2) is 0 Å². The second kappa shape index (κ2) is 6.02. The summed E-state index contributed by atoms with van der Waals surface area (Å²) in [5, 5.41) is 3.55. The Balaban J connectivity index is 2.01. The van der Waals surface area contributed by atoms with Crippen LogP contribution < -0.4 is 5.32 Å². The van der Waals surface area contributed by atoms with Gasteiger partial charge in [0.05, 0.1) is 0 Å². The fraction of sp³-hybridized carbons (Fsp3) is 1.00. The standard InChI is InChI=1S/C14H28N2/c1-3-12-8-6-7-11-16(12)14-10-5-4-9-13(14)15-2/h12-15H,3-11H2,1-2H3. The minimum Gasteiger partial charge on any atom is -0.315 e. The smallest absolute Gasteiger partial charge is 0.0252 e. The molecule has 2 heteroatoms. The summed E-state index contributed by atoms with van der Waals surface area (Å²) in [4.78, 5) is 2.84. The molecular formula is C14H28N2. The van der Waals surface area contributed by atoms with E-state index in [4.69, 9.17) is 0 Å². The van der Waals surface area contributed by atoms with Crippen LogP contribution in [0, 0.1) is 0 Å². The van der Waals surface area contributed by atoms with Crippen molar-refractivity contribution in [3.05, 3.63) is 0 Å². The highest BCUT2D eigenvalue weighted by atomic mass is 15.2. The van der Waals surface area contributed by atoms with Crippen LogP contribution in [0.2, 0.25) is 0 Å². The topological polar surface area (TPSA) is 15.3 Å². The highest BCUT2D eigenvalue weighted by Crippen LogP contribution is 2.29. The molecule has 1 heterocycles. The van der Waals surface area contributed by atoms with Crippen LogP contribution >= 0.6 is 0 Å². The average Bonchev–Trinajstić information content (AvgIpc) is 2.38. The van der Waals surface area contributed by atoms with Gasteiger partial charge in [0.25, 0.3) is 0 Å². The molecule has 1 saturated heterocycles. The monoisotopic (exact) mass is 224 g/mol. The van der Waals surface area contributed by atoms with E-state index in [1.807, 2.05) is 0 Å². The molecule has 2 aliphatic rings. The van der Waals surface area contributed by atoms with Crippen LogP contribution in [0.3, 0.4) is 0 Å². The van der Waals surface area contributed by atoms with Gasteiger partial charge >= 0.3 is 0 Å². The molecule has 0 aromatic carbocycles. The minimum atomic E-state index is 0.751. The highest BCUT2D eigenvalue weighted by Gasteiger charge is 2.33. The van der Waals surface area contributed by atoms with Gasteiger partial charge in [-0.3, -0.25) is 4.90 Å². The first kappa shape index (κ1) is 12.4. The fourth-order valence-electron chi connectivity index (χ4n) is 3.74. The Morgan fingerprint density at radius 2 is 1.81 bits per heavy atom. The second-order valence-corrected chi connectivity index (χ2v) is 5.54. The average molecular weight is 224 g/mol. The van der Waals surface area contributed by atoms with E-state index < -0.39 is 0 Å². The summed E-state index contributed by atoms with van der Waals surface area (Å²) in [5.41, 5.74) is 0. The van der Waals surface area contributed by atoms with Crippen LogP contribution in [0.5, 0.6) is 0 Å². The molecule has 0 amide bonds. The first-order valence-corrected chi connectivity index (χ1v) is 7.29. The van der Waals surface area contributed by atoms with Crippen LogP contribution in [-0.4, -0.2) is 36.6 Å². The lowest BCUT2D eigenvalue weighted by Crippen LogP contribution is -2.55. The predicted molar refractivity (Wildman–Crippen MR) is 69.7 cm³/mol. The summed E-state index contributed by atoms with van der Waals surface area (Å²) in [6.45, 7) is 3.71. The zero-order chi connectivity index (χ0) is 11.4. The van der Waals surface area contributed by atoms with E-state index in [-0.39, 0.29) is 0 Å². The molecular weight excluding hydrogens is 196 g/mol. The maximum absolute atomic E-state index is 3.55. The maximum Gasteiger partial charge on any atom is 0.0252 e. The van der Waals surface area contributed by atoms with Crippen molar-refractivity contribution in [1.82, 2.24) is 10.2 Å². The third-order valence-corrected chi connectivity index (χ3v) is 4.67. The summed E-state index contributed by atoms with van der Waals surface area (Å²) in [5.74, 6) is 0. The molecule has 1 saturated carbocycles. The molecule has 0 aromatic rings. The molecule has 2 nitrogen and oxygen atoms in total. The normalized spacial score (nSPS) is 37.5. The molecule has 1 aliphatic carbocycles. The molecule has 0 spiro atoms. The van der Waals surface area contributed by atoms with Gasteiger partial charge in [0.15, 0.2) is 0 Å². The zero-order valence-electron chi connectivity index (χ0n) is 11.0. The Bertz CT molecular complexity index is 183. The van der Waals surface area contributed by atoms with Crippen molar-refractivity contribution in [3.63, 3.8) is 0 Å². The number of rotatable bonds is 3. The molecule has 16 heavy (non-hydrogen) atoms. The SMILES string of the molecule is CCC1CCCCN1C1CCCCC1NC. The maximum atomic E-state index is 3.55. The molecule has 1 aliphatic heterocycles. The van der Waals surface area contributed by atoms with Gasteiger partial charge in [-0.2, -0.15) is 0 Å². The van der Waals surface area contributed by atoms with Crippen molar-refractivity contribution in [3.8, 4) is 0 Å². The third-order valence-electron chi connectivity index (χ3n) is 4.67. The van der Waals surface area contributed by atoms with Gasteiger partial charge in [-0.15, -0.1) is 0 Å². The fourth-order valence-corrected chi connectivity index (χ4v) is 3.74. The Hall–Kier alpha value is -0.0800. The van der Waals surface area contributed by atoms with Crippen molar-refractivity contribution in [2.24, 2.45) is 0 Å². The van der Waals surface area contributed by atoms with Gasteiger partial charge in [-0.25, -0.2) is 0 Å². The van der Waals surface area contributed by atoms with Gasteiger partial charge in [0, 0.05) is 18.1 Å². The zero-order valence-corrected chi connectivity index (χ0v) is 11.0. The van der Waals surface area contributed by atoms with Crippen molar-refractivity contribution in [1.29, 1.82) is 0 Å². The molecule has 0 aromatic heterocycles. The Morgan fingerprint density at radius 1 is 1.06 bits per heavy atom. The van der Waals surface area contributed by atoms with Crippen molar-refractivity contribution in [2.45, 2.75) is 76.4 Å². The van der Waals surface area contributed by atoms with E-state index in [2.05, 4.69) is 24.2 Å². The second-order valence-electron chi connectivity index (χ2n) is 5.54. The Morgan fingerprint density at radius 3 is 2.56 bits per heavy atom. The summed E-state index contributed by atoms with van der Waals surface area (Å²) in [6, 6.07) is 2.44. The highest BCUT2D eigenvalue weighted by molar-refractivity contribution is 4.91. The third kappa shape index (κ3) is 2.60. The van der Waals surface area contributed by atoms with E-state index in [1.165, 1.54) is 57.9 Å². The largest absolute Gasteiger partial charge is 0.315 e. The number of piperidine rings is 1. The van der Waals surface area contributed by atoms with Crippen molar-refractivity contribution >= 4 is 0 Å². The van der Waals surface area contributed by atoms with E-state index >= 15 is 0 Å². The molecule has 2 fully saturated rings. The lowest BCUT2D eigenvalue weighted by atomic mass is 9.86. The van der Waals surface area contributed by atoms with Gasteiger partial charge in [0.1, 0.15) is 0 Å². The molecule has 0 bridgehead atoms. The number of hydrogen-bond acceptors (Lipinski definition) is 2. The van der Waals surface area contributed by atoms with Crippen molar-refractivity contribution in [2.75, 3.05) is 13.6 Å². The number of hydrogen-bond donors (Lipinski definition) is 1. The summed E-state index contributed by atoms with van der Waals surface area (Å²) < 4.78 is 0. The minimum absolute atomic E-state index is 0.751. The lowest BCUT2D eigenvalue weighted by molar-refractivity contribution is 0.0520. The summed E-state index contributed by atoms with van der Waals surface area (Å²) >= 11 is 0. The number of likely N-dealkylation sites (tertiary alicyclic amines) is 1. The molecule has 94 valence electrons. The first-order chi connectivity index (χ1) is 7.86. The van der Waals surface area contributed by atoms with E-state index in [0.717, 1.165) is 18.1 Å². The lowest BCUT2D eigenvalue weighted by Gasteiger charge is -2.46. The molecule has 1 N–H and O–H groups in total. The Labute approximate surface area is 101 Å². The summed E-state index contributed by atoms with van der Waals surface area (Å²) in [6.07, 6.45) is 11.3. The van der Waals surface area contributed by atoms with Crippen LogP contribution in [0.25, 0.3) is 0 Å². The molecule has 3 unspecified atom stereocenters. The number of nitrogens with zero attached hydrogens (tertiary/aromatic N) is 1. The van der Waals surface area contributed by atoms with Crippen LogP contribution in [0.1, 0.15) is 58.3 Å². The van der Waals surface area contributed by atoms with Crippen LogP contribution in [-0.2, 0) is 0 Å². The van der Waals surface area contributed by atoms with Gasteiger partial charge in [-0.1, -0.05) is 26.2 Å². The number of nitrogens with one attached hydrogen (secondary N) is 1. The number of likely N-dealkylation sites (N-methyl/N-ethyl adjacent to an activating group) is 1. The van der Waals surface area contributed by atoms with E-state index in [9.17, 15) is 0 Å². The Kier molecular flexibility index (Phi) is 4.66. The predicted octanol–water partition coefficient (Wildman–Crippen LogP) is 2.78. The summed E-state index contributed by atoms with van der Waals surface area (Å²) in [7, 11) is 2.15. The quantitative estimate of drug-likeness (QED) is 0.793. The van der Waals surface area contributed by atoms with Crippen molar-refractivity contribution < 1.29 is 0 Å². The van der Waals surface area contributed by atoms with Gasteiger partial charge in [-0.05, 0) is 45.7 Å². The first-order valence-electron chi connectivity index (χ1n) is 7.29. The van der Waals surface area contributed by atoms with E-state index in [0.29, 0.717) is 0 Å².